The fraction of sp³-hybridized carbons (Fsp3) is 0.700. The van der Waals surface area contributed by atoms with Crippen molar-refractivity contribution in [2.75, 3.05) is 0 Å². The molecule has 0 aliphatic carbocycles. The zero-order valence-electron chi connectivity index (χ0n) is 10.4. The molecule has 1 aromatic heterocycles. The number of H-pyrrole nitrogens is 1. The summed E-state index contributed by atoms with van der Waals surface area (Å²) >= 11 is 0. The van der Waals surface area contributed by atoms with Gasteiger partial charge in [-0.1, -0.05) is 42.5 Å². The van der Waals surface area contributed by atoms with Crippen LogP contribution >= 0.6 is 0 Å². The second kappa shape index (κ2) is 92.6. The molecule has 0 aliphatic rings. The Kier molecular flexibility index (Phi) is 409. The molecule has 0 bridgehead atoms. The third-order valence-electron chi connectivity index (χ3n) is 0.535. The number of rotatable bonds is 0. The number of nitrogens with zero attached hydrogens (tertiary/aromatic N) is 2. The van der Waals surface area contributed by atoms with Gasteiger partial charge in [0, 0.05) is 0 Å². The Bertz CT molecular complexity index is 153. The summed E-state index contributed by atoms with van der Waals surface area (Å²) < 4.78 is 0. The lowest BCUT2D eigenvalue weighted by Gasteiger charge is -1.62. The lowest BCUT2D eigenvalue weighted by Crippen LogP contribution is -1.66. The molecule has 9 heteroatoms. The Morgan fingerprint density at radius 3 is 1.37 bits per heavy atom. The third kappa shape index (κ3) is 113. The van der Waals surface area contributed by atoms with Crippen molar-refractivity contribution in [2.24, 2.45) is 0 Å². The molecule has 0 saturated heterocycles. The maximum absolute atomic E-state index is 8.00. The zero-order chi connectivity index (χ0) is 9.11. The molecule has 1 aromatic rings. The molecule has 0 saturated carbocycles. The maximum Gasteiger partial charge on any atom is 0.106 e. The second-order valence-corrected chi connectivity index (χ2v) is 1.82. The van der Waals surface area contributed by atoms with E-state index in [0.717, 1.165) is 5.69 Å². The Morgan fingerprint density at radius 2 is 1.32 bits per heavy atom. The van der Waals surface area contributed by atoms with Gasteiger partial charge in [-0.2, -0.15) is 15.4 Å². The molecule has 9 nitrogen and oxygen atoms in total. The summed E-state index contributed by atoms with van der Waals surface area (Å²) in [6.45, 7) is 8.13. The summed E-state index contributed by atoms with van der Waals surface area (Å²) in [5.41, 5.74) is 0.926. The Hall–Kier alpha value is -1.39. The first kappa shape index (κ1) is 83.9. The van der Waals surface area contributed by atoms with E-state index < -0.39 is 0 Å². The van der Waals surface area contributed by atoms with Gasteiger partial charge in [0.1, 0.15) is 6.79 Å². The average molecular weight is 292 g/mol. The quantitative estimate of drug-likeness (QED) is 0.558. The first-order valence-corrected chi connectivity index (χ1v) is 3.42. The summed E-state index contributed by atoms with van der Waals surface area (Å²) in [4.78, 5) is 8.00. The predicted molar refractivity (Wildman–Crippen MR) is 86.7 cm³/mol. The third-order valence-corrected chi connectivity index (χ3v) is 0.535. The van der Waals surface area contributed by atoms with Crippen molar-refractivity contribution in [3.63, 3.8) is 0 Å². The minimum absolute atomic E-state index is 0. The van der Waals surface area contributed by atoms with Gasteiger partial charge in [-0.3, -0.25) is 0 Å². The first-order valence-electron chi connectivity index (χ1n) is 3.42. The van der Waals surface area contributed by atoms with Gasteiger partial charge < -0.3 is 34.2 Å². The molecule has 1 rings (SSSR count). The summed E-state index contributed by atoms with van der Waals surface area (Å²) in [5, 5.41) is 9.70. The van der Waals surface area contributed by atoms with E-state index in [4.69, 9.17) is 4.79 Å². The minimum Gasteiger partial charge on any atom is -0.412 e. The van der Waals surface area contributed by atoms with Crippen molar-refractivity contribution < 1.29 is 15.7 Å². The van der Waals surface area contributed by atoms with E-state index >= 15 is 0 Å². The number of aryl methyl sites for hydroxylation is 1. The molecule has 0 radical (unpaired) electrons. The van der Waals surface area contributed by atoms with Crippen LogP contribution in [-0.4, -0.2) is 33.2 Å². The van der Waals surface area contributed by atoms with Gasteiger partial charge in [0.05, 0.1) is 11.9 Å². The van der Waals surface area contributed by atoms with Crippen LogP contribution in [0.15, 0.2) is 6.20 Å². The van der Waals surface area contributed by atoms with Crippen LogP contribution in [-0.2, 0) is 4.79 Å². The highest BCUT2D eigenvalue weighted by Crippen LogP contribution is 1.77. The fourth-order valence-electron chi connectivity index (χ4n) is 0.259. The topological polar surface area (TPSA) is 227 Å². The molecular formula is C10H40N6O3. The van der Waals surface area contributed by atoms with Crippen LogP contribution in [0.5, 0.6) is 0 Å². The summed E-state index contributed by atoms with van der Waals surface area (Å²) in [5.74, 6) is 0. The number of hydrogen-bond acceptors (Lipinski definition) is 6. The lowest BCUT2D eigenvalue weighted by atomic mass is 10.6. The van der Waals surface area contributed by atoms with Crippen LogP contribution < -0.4 is 18.5 Å². The van der Waals surface area contributed by atoms with E-state index in [0.29, 0.717) is 0 Å². The normalized spacial score (nSPS) is 3.95. The van der Waals surface area contributed by atoms with E-state index in [1.165, 1.54) is 6.42 Å². The van der Waals surface area contributed by atoms with Crippen molar-refractivity contribution in [2.45, 2.75) is 49.5 Å². The van der Waals surface area contributed by atoms with Gasteiger partial charge >= 0.3 is 0 Å². The van der Waals surface area contributed by atoms with E-state index in [9.17, 15) is 0 Å². The number of carbonyl (C=O) groups is 1. The highest BCUT2D eigenvalue weighted by Gasteiger charge is 1.76. The monoisotopic (exact) mass is 292 g/mol. The first-order chi connectivity index (χ1) is 5.31. The van der Waals surface area contributed by atoms with Gasteiger partial charge in [0.25, 0.3) is 0 Å². The van der Waals surface area contributed by atoms with Crippen molar-refractivity contribution >= 4 is 6.79 Å². The largest absolute Gasteiger partial charge is 0.412 e. The molecule has 19 heavy (non-hydrogen) atoms. The van der Waals surface area contributed by atoms with E-state index in [1.54, 1.807) is 6.20 Å². The van der Waals surface area contributed by atoms with Crippen LogP contribution in [0, 0.1) is 6.92 Å². The SMILES string of the molecule is C.C.C.C=O.CCC.Cc1cn[nH]n1.N.N.N.O.O. The number of aromatic amines is 1. The molecule has 0 unspecified atom stereocenters. The van der Waals surface area contributed by atoms with Crippen molar-refractivity contribution in [3.05, 3.63) is 11.9 Å². The Balaban J connectivity index is -0.00000000726. The molecular weight excluding hydrogens is 252 g/mol. The number of aromatic nitrogens is 3. The zero-order valence-corrected chi connectivity index (χ0v) is 10.4. The average Bonchev–Trinajstić information content (AvgIpc) is 2.46. The van der Waals surface area contributed by atoms with Gasteiger partial charge in [0.2, 0.25) is 0 Å². The van der Waals surface area contributed by atoms with E-state index in [1.807, 2.05) is 13.7 Å². The Labute approximate surface area is 118 Å². The van der Waals surface area contributed by atoms with Crippen LogP contribution in [0.1, 0.15) is 48.2 Å². The van der Waals surface area contributed by atoms with Crippen molar-refractivity contribution in [3.8, 4) is 0 Å². The standard InChI is InChI=1S/C3H5N3.C3H8.CH2O.3CH4.3H3N.2H2O/c1-3-2-4-6-5-3;1-3-2;1-2;;;;;;;;/h2H,1H3,(H,4,5,6);3H2,1-2H3;1H2;3*1H4;3*1H3;2*1H2. The molecule has 0 aromatic carbocycles. The van der Waals surface area contributed by atoms with Crippen LogP contribution in [0.3, 0.4) is 0 Å². The van der Waals surface area contributed by atoms with Gasteiger partial charge in [-0.25, -0.2) is 0 Å². The molecule has 14 N–H and O–H groups in total. The highest BCUT2D eigenvalue weighted by atomic mass is 16.1. The van der Waals surface area contributed by atoms with Crippen LogP contribution in [0.2, 0.25) is 0 Å². The van der Waals surface area contributed by atoms with Crippen LogP contribution in [0.25, 0.3) is 0 Å². The van der Waals surface area contributed by atoms with E-state index in [2.05, 4.69) is 29.3 Å². The minimum atomic E-state index is 0. The van der Waals surface area contributed by atoms with E-state index in [-0.39, 0.29) is 51.7 Å². The highest BCUT2D eigenvalue weighted by molar-refractivity contribution is 5.10. The summed E-state index contributed by atoms with van der Waals surface area (Å²) in [6, 6.07) is 0. The molecule has 1 heterocycles. The maximum atomic E-state index is 8.00. The molecule has 0 spiro atoms. The molecule has 0 fully saturated rings. The lowest BCUT2D eigenvalue weighted by molar-refractivity contribution is -0.0979. The summed E-state index contributed by atoms with van der Waals surface area (Å²) in [6.07, 6.45) is 2.92. The van der Waals surface area contributed by atoms with Crippen LogP contribution in [0.4, 0.5) is 0 Å². The van der Waals surface area contributed by atoms with Gasteiger partial charge in [-0.15, -0.1) is 0 Å². The number of carbonyl (C=O) groups excluding carboxylic acids is 1. The molecule has 128 valence electrons. The van der Waals surface area contributed by atoms with Crippen molar-refractivity contribution in [1.29, 1.82) is 0 Å². The van der Waals surface area contributed by atoms with Gasteiger partial charge in [-0.05, 0) is 6.92 Å². The Morgan fingerprint density at radius 1 is 1.05 bits per heavy atom. The molecule has 0 amide bonds. The number of nitrogens with one attached hydrogen (secondary N) is 1. The smallest absolute Gasteiger partial charge is 0.106 e. The van der Waals surface area contributed by atoms with Crippen molar-refractivity contribution in [1.82, 2.24) is 33.9 Å². The summed E-state index contributed by atoms with van der Waals surface area (Å²) in [7, 11) is 0. The second-order valence-electron chi connectivity index (χ2n) is 1.82. The predicted octanol–water partition coefficient (Wildman–Crippen LogP) is 2.09. The fourth-order valence-corrected chi connectivity index (χ4v) is 0.259. The number of hydrogen-bond donors (Lipinski definition) is 4. The van der Waals surface area contributed by atoms with Gasteiger partial charge in [0.15, 0.2) is 0 Å². The molecule has 0 atom stereocenters. The molecule has 0 aliphatic heterocycles.